The van der Waals surface area contributed by atoms with E-state index < -0.39 is 43.5 Å². The predicted octanol–water partition coefficient (Wildman–Crippen LogP) is 5.64. The lowest BCUT2D eigenvalue weighted by atomic mass is 9.81. The summed E-state index contributed by atoms with van der Waals surface area (Å²) >= 11 is 0. The standard InChI is InChI=1S/C14H12BF3N2O3.C14H11F3N2O/c16-10-4-8-9(6-19)13(15(21)22)20(7-2-1-3-7)11(8)5-12(10)23-14(17)18;15-11-4-10-8(6-18)7-19(9-2-1-3-9)12(10)5-13(11)20-14(16)17/h4-5,7,14,21-22H,1-3H2;4-5,7,9,14H,1-3H2. The number of hydrogen-bond donors (Lipinski definition) is 2. The van der Waals surface area contributed by atoms with Crippen LogP contribution in [0.25, 0.3) is 21.8 Å². The molecule has 15 heteroatoms. The Morgan fingerprint density at radius 3 is 1.77 bits per heavy atom. The molecule has 2 aromatic heterocycles. The third-order valence-electron chi connectivity index (χ3n) is 7.80. The van der Waals surface area contributed by atoms with Crippen molar-refractivity contribution in [3.05, 3.63) is 53.2 Å². The Morgan fingerprint density at radius 1 is 0.791 bits per heavy atom. The molecule has 8 nitrogen and oxygen atoms in total. The lowest BCUT2D eigenvalue weighted by molar-refractivity contribution is -0.0527. The zero-order chi connectivity index (χ0) is 31.0. The molecule has 0 bridgehead atoms. The van der Waals surface area contributed by atoms with Gasteiger partial charge in [0.15, 0.2) is 23.1 Å². The molecule has 4 aromatic rings. The maximum atomic E-state index is 13.9. The Morgan fingerprint density at radius 2 is 1.33 bits per heavy atom. The molecule has 2 fully saturated rings. The molecule has 0 unspecified atom stereocenters. The molecule has 43 heavy (non-hydrogen) atoms. The van der Waals surface area contributed by atoms with Gasteiger partial charge in [0.05, 0.1) is 27.8 Å². The summed E-state index contributed by atoms with van der Waals surface area (Å²) in [4.78, 5) is 0. The maximum absolute atomic E-state index is 13.9. The topological polar surface area (TPSA) is 116 Å². The molecule has 0 spiro atoms. The molecule has 2 heterocycles. The molecule has 0 amide bonds. The highest BCUT2D eigenvalue weighted by Crippen LogP contribution is 2.39. The lowest BCUT2D eigenvalue weighted by Gasteiger charge is -2.30. The van der Waals surface area contributed by atoms with E-state index >= 15 is 0 Å². The summed E-state index contributed by atoms with van der Waals surface area (Å²) in [6, 6.07) is 8.29. The highest BCUT2D eigenvalue weighted by molar-refractivity contribution is 6.59. The van der Waals surface area contributed by atoms with E-state index in [9.17, 15) is 41.7 Å². The Hall–Kier alpha value is -4.34. The number of rotatable bonds is 7. The minimum Gasteiger partial charge on any atom is -0.432 e. The van der Waals surface area contributed by atoms with Crippen molar-refractivity contribution in [2.75, 3.05) is 0 Å². The van der Waals surface area contributed by atoms with E-state index in [1.807, 2.05) is 16.7 Å². The molecule has 224 valence electrons. The molecule has 2 aromatic carbocycles. The molecular formula is C28H23BF6N4O4. The Labute approximate surface area is 241 Å². The number of aromatic nitrogens is 2. The summed E-state index contributed by atoms with van der Waals surface area (Å²) < 4.78 is 88.7. The van der Waals surface area contributed by atoms with Gasteiger partial charge in [0.25, 0.3) is 0 Å². The van der Waals surface area contributed by atoms with E-state index in [1.54, 1.807) is 6.20 Å². The number of benzene rings is 2. The van der Waals surface area contributed by atoms with Crippen LogP contribution in [0, 0.1) is 34.3 Å². The minimum atomic E-state index is -3.19. The number of hydrogen-bond acceptors (Lipinski definition) is 6. The van der Waals surface area contributed by atoms with Crippen molar-refractivity contribution < 1.29 is 45.9 Å². The van der Waals surface area contributed by atoms with Crippen LogP contribution in [0.15, 0.2) is 30.5 Å². The number of nitriles is 2. The summed E-state index contributed by atoms with van der Waals surface area (Å²) in [5.41, 5.74) is 1.04. The van der Waals surface area contributed by atoms with Crippen molar-refractivity contribution in [3.63, 3.8) is 0 Å². The molecule has 0 radical (unpaired) electrons. The van der Waals surface area contributed by atoms with Crippen molar-refractivity contribution in [2.45, 2.75) is 63.8 Å². The van der Waals surface area contributed by atoms with Crippen LogP contribution >= 0.6 is 0 Å². The molecular weight excluding hydrogens is 581 g/mol. The Kier molecular flexibility index (Phi) is 8.49. The van der Waals surface area contributed by atoms with Crippen LogP contribution in [-0.4, -0.2) is 39.5 Å². The summed E-state index contributed by atoms with van der Waals surface area (Å²) in [6.45, 7) is -6.27. The molecule has 0 saturated heterocycles. The van der Waals surface area contributed by atoms with Crippen molar-refractivity contribution in [1.29, 1.82) is 10.5 Å². The second-order valence-electron chi connectivity index (χ2n) is 10.2. The third kappa shape index (κ3) is 5.70. The van der Waals surface area contributed by atoms with Gasteiger partial charge in [0.2, 0.25) is 0 Å². The molecule has 2 aliphatic carbocycles. The van der Waals surface area contributed by atoms with Gasteiger partial charge >= 0.3 is 20.3 Å². The highest BCUT2D eigenvalue weighted by atomic mass is 19.3. The van der Waals surface area contributed by atoms with Gasteiger partial charge in [-0.1, -0.05) is 0 Å². The van der Waals surface area contributed by atoms with E-state index in [0.717, 1.165) is 56.7 Å². The zero-order valence-corrected chi connectivity index (χ0v) is 22.3. The number of halogens is 6. The number of alkyl halides is 4. The van der Waals surface area contributed by atoms with Gasteiger partial charge in [-0.2, -0.15) is 28.1 Å². The molecule has 0 atom stereocenters. The van der Waals surface area contributed by atoms with E-state index in [-0.39, 0.29) is 34.1 Å². The fourth-order valence-corrected chi connectivity index (χ4v) is 5.42. The first-order chi connectivity index (χ1) is 20.5. The normalized spacial score (nSPS) is 15.1. The van der Waals surface area contributed by atoms with Gasteiger partial charge in [0.1, 0.15) is 12.1 Å². The van der Waals surface area contributed by atoms with Crippen molar-refractivity contribution in [2.24, 2.45) is 0 Å². The first-order valence-corrected chi connectivity index (χ1v) is 13.3. The monoisotopic (exact) mass is 604 g/mol. The van der Waals surface area contributed by atoms with Gasteiger partial charge in [-0.15, -0.1) is 0 Å². The van der Waals surface area contributed by atoms with Crippen LogP contribution in [0.2, 0.25) is 0 Å². The maximum Gasteiger partial charge on any atom is 0.507 e. The smallest absolute Gasteiger partial charge is 0.432 e. The van der Waals surface area contributed by atoms with Crippen molar-refractivity contribution >= 4 is 34.5 Å². The van der Waals surface area contributed by atoms with Crippen LogP contribution in [0.4, 0.5) is 26.3 Å². The van der Waals surface area contributed by atoms with Gasteiger partial charge in [0, 0.05) is 41.2 Å². The number of fused-ring (bicyclic) bond motifs is 2. The van der Waals surface area contributed by atoms with Gasteiger partial charge in [-0.05, 0) is 50.7 Å². The van der Waals surface area contributed by atoms with Crippen LogP contribution in [0.3, 0.4) is 0 Å². The number of ether oxygens (including phenoxy) is 2. The fourth-order valence-electron chi connectivity index (χ4n) is 5.42. The molecule has 0 aliphatic heterocycles. The van der Waals surface area contributed by atoms with Crippen molar-refractivity contribution in [1.82, 2.24) is 9.13 Å². The van der Waals surface area contributed by atoms with E-state index in [0.29, 0.717) is 16.5 Å². The lowest BCUT2D eigenvalue weighted by Crippen LogP contribution is -2.41. The van der Waals surface area contributed by atoms with Crippen LogP contribution in [0.1, 0.15) is 61.7 Å². The Bertz CT molecular complexity index is 1750. The quantitative estimate of drug-likeness (QED) is 0.209. The largest absolute Gasteiger partial charge is 0.507 e. The summed E-state index contributed by atoms with van der Waals surface area (Å²) in [6.07, 6.45) is 7.10. The van der Waals surface area contributed by atoms with E-state index in [4.69, 9.17) is 5.26 Å². The first-order valence-electron chi connectivity index (χ1n) is 13.3. The molecule has 2 aliphatic rings. The molecule has 2 saturated carbocycles. The molecule has 6 rings (SSSR count). The van der Waals surface area contributed by atoms with Crippen LogP contribution in [0.5, 0.6) is 11.5 Å². The van der Waals surface area contributed by atoms with Gasteiger partial charge in [-0.25, -0.2) is 8.78 Å². The minimum absolute atomic E-state index is 0.0548. The van der Waals surface area contributed by atoms with Gasteiger partial charge < -0.3 is 28.7 Å². The summed E-state index contributed by atoms with van der Waals surface area (Å²) in [7, 11) is -1.93. The third-order valence-corrected chi connectivity index (χ3v) is 7.80. The summed E-state index contributed by atoms with van der Waals surface area (Å²) in [5.74, 6) is -3.07. The fraction of sp³-hybridized carbons (Fsp3) is 0.357. The number of nitrogens with zero attached hydrogens (tertiary/aromatic N) is 4. The second kappa shape index (κ2) is 12.1. The Balaban J connectivity index is 0.000000173. The van der Waals surface area contributed by atoms with E-state index in [2.05, 4.69) is 9.47 Å². The van der Waals surface area contributed by atoms with E-state index in [1.165, 1.54) is 10.6 Å². The average molecular weight is 604 g/mol. The van der Waals surface area contributed by atoms with Gasteiger partial charge in [-0.3, -0.25) is 0 Å². The van der Waals surface area contributed by atoms with Crippen LogP contribution in [-0.2, 0) is 0 Å². The highest BCUT2D eigenvalue weighted by Gasteiger charge is 2.33. The average Bonchev–Trinajstić information content (AvgIpc) is 3.37. The molecule has 2 N–H and O–H groups in total. The SMILES string of the molecule is N#Cc1c(B(O)O)n(C2CCC2)c2cc(OC(F)F)c(F)cc12.N#Cc1cn(C2CCC2)c2cc(OC(F)F)c(F)cc12. The van der Waals surface area contributed by atoms with Crippen LogP contribution < -0.4 is 15.1 Å². The second-order valence-corrected chi connectivity index (χ2v) is 10.2. The first kappa shape index (κ1) is 30.1. The predicted molar refractivity (Wildman–Crippen MR) is 142 cm³/mol. The van der Waals surface area contributed by atoms with Crippen molar-refractivity contribution in [3.8, 4) is 23.6 Å². The zero-order valence-electron chi connectivity index (χ0n) is 22.3. The summed E-state index contributed by atoms with van der Waals surface area (Å²) in [5, 5.41) is 38.2.